The lowest BCUT2D eigenvalue weighted by Crippen LogP contribution is -2.16. The minimum atomic E-state index is -0.602. The van der Waals surface area contributed by atoms with Gasteiger partial charge in [-0.15, -0.1) is 21.5 Å². The molecule has 2 aromatic heterocycles. The van der Waals surface area contributed by atoms with Gasteiger partial charge in [0.1, 0.15) is 5.00 Å². The SMILES string of the molecule is CCOC(=O)Nc1nnc(SCC(=O)Nc2sc3c(c2C(=O)OCC)CCC3)s1. The molecule has 0 spiro atoms. The number of hydrogen-bond donors (Lipinski definition) is 2. The van der Waals surface area contributed by atoms with Crippen LogP contribution in [0.25, 0.3) is 0 Å². The molecule has 3 rings (SSSR count). The van der Waals surface area contributed by atoms with Gasteiger partial charge in [-0.05, 0) is 38.7 Å². The van der Waals surface area contributed by atoms with Gasteiger partial charge < -0.3 is 14.8 Å². The van der Waals surface area contributed by atoms with Crippen molar-refractivity contribution in [3.63, 3.8) is 0 Å². The summed E-state index contributed by atoms with van der Waals surface area (Å²) in [6.07, 6.45) is 2.15. The number of thiophene rings is 1. The third-order valence-electron chi connectivity index (χ3n) is 3.87. The maximum Gasteiger partial charge on any atom is 0.413 e. The Balaban J connectivity index is 1.58. The Morgan fingerprint density at radius 1 is 1.07 bits per heavy atom. The summed E-state index contributed by atoms with van der Waals surface area (Å²) in [6.45, 7) is 4.00. The number of carbonyl (C=O) groups is 3. The van der Waals surface area contributed by atoms with E-state index in [1.807, 2.05) is 0 Å². The Kier molecular flexibility index (Phi) is 7.45. The predicted molar refractivity (Wildman–Crippen MR) is 112 cm³/mol. The molecule has 1 aliphatic carbocycles. The molecule has 1 aliphatic rings. The fraction of sp³-hybridized carbons (Fsp3) is 0.471. The van der Waals surface area contributed by atoms with Crippen molar-refractivity contribution in [3.05, 3.63) is 16.0 Å². The number of anilines is 2. The molecule has 0 unspecified atom stereocenters. The van der Waals surface area contributed by atoms with Crippen LogP contribution in [0.15, 0.2) is 4.34 Å². The van der Waals surface area contributed by atoms with E-state index in [2.05, 4.69) is 20.8 Å². The van der Waals surface area contributed by atoms with Crippen LogP contribution in [0.2, 0.25) is 0 Å². The molecule has 2 amide bonds. The number of amides is 2. The molecule has 2 N–H and O–H groups in total. The van der Waals surface area contributed by atoms with Crippen molar-refractivity contribution in [3.8, 4) is 0 Å². The molecule has 0 saturated heterocycles. The van der Waals surface area contributed by atoms with Crippen LogP contribution in [0.3, 0.4) is 0 Å². The third kappa shape index (κ3) is 5.46. The molecule has 0 atom stereocenters. The Morgan fingerprint density at radius 3 is 2.62 bits per heavy atom. The molecule has 0 bridgehead atoms. The topological polar surface area (TPSA) is 120 Å². The van der Waals surface area contributed by atoms with E-state index < -0.39 is 12.1 Å². The molecular weight excluding hydrogens is 436 g/mol. The molecule has 29 heavy (non-hydrogen) atoms. The number of aryl methyl sites for hydroxylation is 1. The van der Waals surface area contributed by atoms with Gasteiger partial charge in [0.25, 0.3) is 0 Å². The van der Waals surface area contributed by atoms with Gasteiger partial charge in [-0.3, -0.25) is 10.1 Å². The molecule has 9 nitrogen and oxygen atoms in total. The highest BCUT2D eigenvalue weighted by Gasteiger charge is 2.28. The average molecular weight is 457 g/mol. The van der Waals surface area contributed by atoms with Crippen molar-refractivity contribution in [2.45, 2.75) is 37.4 Å². The number of fused-ring (bicyclic) bond motifs is 1. The molecular formula is C17H20N4O5S3. The molecule has 2 heterocycles. The van der Waals surface area contributed by atoms with E-state index in [1.165, 1.54) is 23.1 Å². The fourth-order valence-electron chi connectivity index (χ4n) is 2.77. The van der Waals surface area contributed by atoms with Crippen molar-refractivity contribution < 1.29 is 23.9 Å². The highest BCUT2D eigenvalue weighted by atomic mass is 32.2. The molecule has 12 heteroatoms. The molecule has 0 saturated carbocycles. The smallest absolute Gasteiger partial charge is 0.413 e. The highest BCUT2D eigenvalue weighted by molar-refractivity contribution is 8.01. The first-order valence-corrected chi connectivity index (χ1v) is 11.6. The number of hydrogen-bond acceptors (Lipinski definition) is 10. The lowest BCUT2D eigenvalue weighted by atomic mass is 10.1. The maximum absolute atomic E-state index is 12.4. The number of esters is 1. The number of aromatic nitrogens is 2. The summed E-state index contributed by atoms with van der Waals surface area (Å²) in [4.78, 5) is 37.3. The largest absolute Gasteiger partial charge is 0.462 e. The van der Waals surface area contributed by atoms with Crippen LogP contribution in [-0.4, -0.2) is 47.1 Å². The number of thioether (sulfide) groups is 1. The van der Waals surface area contributed by atoms with E-state index in [-0.39, 0.29) is 24.9 Å². The Morgan fingerprint density at radius 2 is 1.86 bits per heavy atom. The van der Waals surface area contributed by atoms with E-state index in [0.717, 1.165) is 41.0 Å². The van der Waals surface area contributed by atoms with Crippen LogP contribution < -0.4 is 10.6 Å². The zero-order valence-electron chi connectivity index (χ0n) is 15.9. The summed E-state index contributed by atoms with van der Waals surface area (Å²) in [5, 5.41) is 13.9. The van der Waals surface area contributed by atoms with Gasteiger partial charge in [0.05, 0.1) is 24.5 Å². The number of carbonyl (C=O) groups excluding carboxylic acids is 3. The molecule has 0 aromatic carbocycles. The summed E-state index contributed by atoms with van der Waals surface area (Å²) in [6, 6.07) is 0. The number of rotatable bonds is 8. The normalized spacial score (nSPS) is 12.3. The van der Waals surface area contributed by atoms with Crippen LogP contribution in [0.4, 0.5) is 14.9 Å². The van der Waals surface area contributed by atoms with Crippen molar-refractivity contribution >= 4 is 62.5 Å². The standard InChI is InChI=1S/C17H20N4O5S3/c1-3-25-14(23)12-9-6-5-7-10(9)28-13(12)18-11(22)8-27-17-21-20-15(29-17)19-16(24)26-4-2/h3-8H2,1-2H3,(H,18,22)(H,19,20,24). The van der Waals surface area contributed by atoms with Crippen molar-refractivity contribution in [2.75, 3.05) is 29.6 Å². The first-order chi connectivity index (χ1) is 14.0. The first kappa shape index (κ1) is 21.5. The summed E-state index contributed by atoms with van der Waals surface area (Å²) < 4.78 is 10.5. The van der Waals surface area contributed by atoms with E-state index >= 15 is 0 Å². The number of nitrogens with zero attached hydrogens (tertiary/aromatic N) is 2. The zero-order chi connectivity index (χ0) is 20.8. The van der Waals surface area contributed by atoms with Crippen LogP contribution in [-0.2, 0) is 27.1 Å². The molecule has 2 aromatic rings. The molecule has 0 radical (unpaired) electrons. The summed E-state index contributed by atoms with van der Waals surface area (Å²) in [5.41, 5.74) is 1.48. The van der Waals surface area contributed by atoms with Gasteiger partial charge in [-0.1, -0.05) is 23.1 Å². The number of nitrogens with one attached hydrogen (secondary N) is 2. The maximum atomic E-state index is 12.4. The Labute approximate surface area is 179 Å². The van der Waals surface area contributed by atoms with Crippen molar-refractivity contribution in [1.29, 1.82) is 0 Å². The second-order valence-corrected chi connectivity index (χ2v) is 9.14. The highest BCUT2D eigenvalue weighted by Crippen LogP contribution is 2.39. The van der Waals surface area contributed by atoms with Gasteiger partial charge in [0, 0.05) is 4.88 Å². The molecule has 156 valence electrons. The van der Waals surface area contributed by atoms with Crippen LogP contribution in [0.1, 0.15) is 41.1 Å². The van der Waals surface area contributed by atoms with Gasteiger partial charge in [-0.2, -0.15) is 0 Å². The van der Waals surface area contributed by atoms with Crippen molar-refractivity contribution in [1.82, 2.24) is 10.2 Å². The fourth-order valence-corrected chi connectivity index (χ4v) is 5.61. The van der Waals surface area contributed by atoms with E-state index in [9.17, 15) is 14.4 Å². The van der Waals surface area contributed by atoms with E-state index in [0.29, 0.717) is 20.0 Å². The number of ether oxygens (including phenoxy) is 2. The third-order valence-corrected chi connectivity index (χ3v) is 7.05. The average Bonchev–Trinajstić information content (AvgIpc) is 3.36. The zero-order valence-corrected chi connectivity index (χ0v) is 18.4. The van der Waals surface area contributed by atoms with E-state index in [4.69, 9.17) is 9.47 Å². The molecule has 0 fully saturated rings. The van der Waals surface area contributed by atoms with Crippen LogP contribution >= 0.6 is 34.4 Å². The summed E-state index contributed by atoms with van der Waals surface area (Å²) in [7, 11) is 0. The first-order valence-electron chi connectivity index (χ1n) is 9.03. The quantitative estimate of drug-likeness (QED) is 0.351. The monoisotopic (exact) mass is 456 g/mol. The van der Waals surface area contributed by atoms with Gasteiger partial charge >= 0.3 is 12.1 Å². The Bertz CT molecular complexity index is 911. The second-order valence-electron chi connectivity index (χ2n) is 5.84. The predicted octanol–water partition coefficient (Wildman–Crippen LogP) is 3.56. The second kappa shape index (κ2) is 10.0. The molecule has 0 aliphatic heterocycles. The summed E-state index contributed by atoms with van der Waals surface area (Å²) >= 11 is 3.78. The van der Waals surface area contributed by atoms with Gasteiger partial charge in [-0.25, -0.2) is 9.59 Å². The minimum Gasteiger partial charge on any atom is -0.462 e. The summed E-state index contributed by atoms with van der Waals surface area (Å²) in [5.74, 6) is -0.553. The lowest BCUT2D eigenvalue weighted by molar-refractivity contribution is -0.113. The van der Waals surface area contributed by atoms with Crippen LogP contribution in [0.5, 0.6) is 0 Å². The van der Waals surface area contributed by atoms with Crippen molar-refractivity contribution in [2.24, 2.45) is 0 Å². The lowest BCUT2D eigenvalue weighted by Gasteiger charge is -2.07. The van der Waals surface area contributed by atoms with Gasteiger partial charge in [0.2, 0.25) is 11.0 Å². The van der Waals surface area contributed by atoms with E-state index in [1.54, 1.807) is 13.8 Å². The Hall–Kier alpha value is -2.18. The van der Waals surface area contributed by atoms with Gasteiger partial charge in [0.15, 0.2) is 4.34 Å². The minimum absolute atomic E-state index is 0.0961. The van der Waals surface area contributed by atoms with Crippen LogP contribution in [0, 0.1) is 0 Å².